The highest BCUT2D eigenvalue weighted by atomic mass is 16.1. The van der Waals surface area contributed by atoms with Crippen molar-refractivity contribution in [1.82, 2.24) is 0 Å². The number of isocyanates is 1. The van der Waals surface area contributed by atoms with Gasteiger partial charge in [-0.15, -0.1) is 0 Å². The fourth-order valence-electron chi connectivity index (χ4n) is 1.65. The minimum Gasteiger partial charge on any atom is -0.211 e. The molecule has 1 aliphatic carbocycles. The molecule has 0 N–H and O–H groups in total. The van der Waals surface area contributed by atoms with Gasteiger partial charge in [-0.1, -0.05) is 11.1 Å². The minimum absolute atomic E-state index is 0.241. The Hall–Kier alpha value is -0.880. The van der Waals surface area contributed by atoms with Crippen LogP contribution in [0.3, 0.4) is 0 Å². The van der Waals surface area contributed by atoms with Crippen LogP contribution in [0.25, 0.3) is 0 Å². The summed E-state index contributed by atoms with van der Waals surface area (Å²) in [7, 11) is 0. The Morgan fingerprint density at radius 1 is 1.42 bits per heavy atom. The first-order valence-electron chi connectivity index (χ1n) is 4.46. The SMILES string of the molecule is CC(C)=C1CCC(N=C=O)CC1. The normalized spacial score (nSPS) is 23.2. The largest absolute Gasteiger partial charge is 0.235 e. The summed E-state index contributed by atoms with van der Waals surface area (Å²) in [5.41, 5.74) is 2.98. The molecule has 0 unspecified atom stereocenters. The number of allylic oxidation sites excluding steroid dienone is 2. The van der Waals surface area contributed by atoms with E-state index in [1.165, 1.54) is 5.57 Å². The van der Waals surface area contributed by atoms with Crippen molar-refractivity contribution in [2.75, 3.05) is 0 Å². The molecule has 1 fully saturated rings. The highest BCUT2D eigenvalue weighted by Gasteiger charge is 2.15. The molecule has 12 heavy (non-hydrogen) atoms. The minimum atomic E-state index is 0.241. The predicted molar refractivity (Wildman–Crippen MR) is 48.8 cm³/mol. The van der Waals surface area contributed by atoms with Crippen molar-refractivity contribution in [2.45, 2.75) is 45.6 Å². The van der Waals surface area contributed by atoms with E-state index in [1.807, 2.05) is 0 Å². The van der Waals surface area contributed by atoms with Crippen molar-refractivity contribution in [3.63, 3.8) is 0 Å². The number of carbonyl (C=O) groups excluding carboxylic acids is 1. The lowest BCUT2D eigenvalue weighted by molar-refractivity contribution is 0.499. The molecule has 66 valence electrons. The van der Waals surface area contributed by atoms with Crippen LogP contribution in [-0.4, -0.2) is 12.1 Å². The average molecular weight is 165 g/mol. The fourth-order valence-corrected chi connectivity index (χ4v) is 1.65. The van der Waals surface area contributed by atoms with Gasteiger partial charge in [0.15, 0.2) is 0 Å². The number of hydrogen-bond donors (Lipinski definition) is 0. The Labute approximate surface area is 73.4 Å². The second kappa shape index (κ2) is 4.22. The van der Waals surface area contributed by atoms with Crippen LogP contribution in [0, 0.1) is 0 Å². The smallest absolute Gasteiger partial charge is 0.211 e. The van der Waals surface area contributed by atoms with E-state index in [2.05, 4.69) is 18.8 Å². The van der Waals surface area contributed by atoms with E-state index in [-0.39, 0.29) is 6.04 Å². The fraction of sp³-hybridized carbons (Fsp3) is 0.700. The Kier molecular flexibility index (Phi) is 3.24. The first kappa shape index (κ1) is 9.21. The molecule has 0 aromatic rings. The lowest BCUT2D eigenvalue weighted by atomic mass is 9.89. The van der Waals surface area contributed by atoms with Gasteiger partial charge in [0.1, 0.15) is 0 Å². The summed E-state index contributed by atoms with van der Waals surface area (Å²) < 4.78 is 0. The Morgan fingerprint density at radius 2 is 2.00 bits per heavy atom. The van der Waals surface area contributed by atoms with E-state index >= 15 is 0 Å². The highest BCUT2D eigenvalue weighted by Crippen LogP contribution is 2.27. The zero-order valence-electron chi connectivity index (χ0n) is 7.76. The first-order valence-corrected chi connectivity index (χ1v) is 4.46. The Bertz CT molecular complexity index is 222. The summed E-state index contributed by atoms with van der Waals surface area (Å²) in [5, 5.41) is 0. The molecular weight excluding hydrogens is 150 g/mol. The molecule has 2 nitrogen and oxygen atoms in total. The molecule has 0 aromatic carbocycles. The number of nitrogens with zero attached hydrogens (tertiary/aromatic N) is 1. The van der Waals surface area contributed by atoms with Crippen molar-refractivity contribution in [3.8, 4) is 0 Å². The molecular formula is C10H15NO. The van der Waals surface area contributed by atoms with Gasteiger partial charge in [0, 0.05) is 0 Å². The van der Waals surface area contributed by atoms with E-state index in [1.54, 1.807) is 11.7 Å². The van der Waals surface area contributed by atoms with Gasteiger partial charge in [-0.3, -0.25) is 0 Å². The lowest BCUT2D eigenvalue weighted by Gasteiger charge is -2.20. The van der Waals surface area contributed by atoms with Crippen LogP contribution in [-0.2, 0) is 4.79 Å². The van der Waals surface area contributed by atoms with Crippen LogP contribution in [0.2, 0.25) is 0 Å². The second-order valence-electron chi connectivity index (χ2n) is 3.56. The maximum atomic E-state index is 9.98. The van der Waals surface area contributed by atoms with Crippen molar-refractivity contribution >= 4 is 6.08 Å². The van der Waals surface area contributed by atoms with Crippen LogP contribution in [0.4, 0.5) is 0 Å². The Morgan fingerprint density at radius 3 is 2.42 bits per heavy atom. The van der Waals surface area contributed by atoms with Gasteiger partial charge in [0.05, 0.1) is 6.04 Å². The van der Waals surface area contributed by atoms with Gasteiger partial charge in [-0.2, -0.15) is 0 Å². The Balaban J connectivity index is 2.50. The first-order chi connectivity index (χ1) is 5.74. The molecule has 0 amide bonds. The van der Waals surface area contributed by atoms with Gasteiger partial charge in [0.25, 0.3) is 0 Å². The van der Waals surface area contributed by atoms with Crippen LogP contribution >= 0.6 is 0 Å². The molecule has 0 saturated heterocycles. The third-order valence-corrected chi connectivity index (χ3v) is 2.50. The lowest BCUT2D eigenvalue weighted by Crippen LogP contribution is -2.11. The predicted octanol–water partition coefficient (Wildman–Crippen LogP) is 2.60. The van der Waals surface area contributed by atoms with E-state index in [0.29, 0.717) is 0 Å². The number of rotatable bonds is 1. The van der Waals surface area contributed by atoms with Crippen molar-refractivity contribution in [3.05, 3.63) is 11.1 Å². The topological polar surface area (TPSA) is 29.4 Å². The van der Waals surface area contributed by atoms with Crippen LogP contribution < -0.4 is 0 Å². The summed E-state index contributed by atoms with van der Waals surface area (Å²) in [6, 6.07) is 0.241. The quantitative estimate of drug-likeness (QED) is 0.333. The molecule has 0 bridgehead atoms. The third-order valence-electron chi connectivity index (χ3n) is 2.50. The molecule has 0 spiro atoms. The zero-order chi connectivity index (χ0) is 8.97. The molecule has 0 heterocycles. The standard InChI is InChI=1S/C10H15NO/c1-8(2)9-3-5-10(6-4-9)11-7-12/h10H,3-6H2,1-2H3. The van der Waals surface area contributed by atoms with Crippen LogP contribution in [0.1, 0.15) is 39.5 Å². The molecule has 1 saturated carbocycles. The maximum Gasteiger partial charge on any atom is 0.235 e. The van der Waals surface area contributed by atoms with E-state index in [0.717, 1.165) is 25.7 Å². The summed E-state index contributed by atoms with van der Waals surface area (Å²) in [4.78, 5) is 13.7. The monoisotopic (exact) mass is 165 g/mol. The second-order valence-corrected chi connectivity index (χ2v) is 3.56. The van der Waals surface area contributed by atoms with Gasteiger partial charge in [0.2, 0.25) is 6.08 Å². The number of aliphatic imine (C=N–C) groups is 1. The summed E-state index contributed by atoms with van der Waals surface area (Å²) in [6.07, 6.45) is 5.91. The van der Waals surface area contributed by atoms with Crippen LogP contribution in [0.5, 0.6) is 0 Å². The van der Waals surface area contributed by atoms with E-state index in [4.69, 9.17) is 0 Å². The van der Waals surface area contributed by atoms with E-state index < -0.39 is 0 Å². The van der Waals surface area contributed by atoms with Gasteiger partial charge >= 0.3 is 0 Å². The molecule has 0 radical (unpaired) electrons. The van der Waals surface area contributed by atoms with E-state index in [9.17, 15) is 4.79 Å². The molecule has 0 atom stereocenters. The van der Waals surface area contributed by atoms with Crippen molar-refractivity contribution in [2.24, 2.45) is 4.99 Å². The molecule has 0 aromatic heterocycles. The summed E-state index contributed by atoms with van der Waals surface area (Å²) in [6.45, 7) is 4.30. The van der Waals surface area contributed by atoms with Gasteiger partial charge in [-0.25, -0.2) is 9.79 Å². The number of hydrogen-bond acceptors (Lipinski definition) is 2. The zero-order valence-corrected chi connectivity index (χ0v) is 7.76. The van der Waals surface area contributed by atoms with Gasteiger partial charge < -0.3 is 0 Å². The maximum absolute atomic E-state index is 9.98. The third kappa shape index (κ3) is 2.31. The molecule has 1 aliphatic rings. The highest BCUT2D eigenvalue weighted by molar-refractivity contribution is 5.33. The molecule has 2 heteroatoms. The van der Waals surface area contributed by atoms with Gasteiger partial charge in [-0.05, 0) is 39.5 Å². The summed E-state index contributed by atoms with van der Waals surface area (Å²) >= 11 is 0. The molecule has 1 rings (SSSR count). The summed E-state index contributed by atoms with van der Waals surface area (Å²) in [5.74, 6) is 0. The van der Waals surface area contributed by atoms with Crippen LogP contribution in [0.15, 0.2) is 16.1 Å². The van der Waals surface area contributed by atoms with Crippen molar-refractivity contribution in [1.29, 1.82) is 0 Å². The molecule has 0 aliphatic heterocycles. The average Bonchev–Trinajstić information content (AvgIpc) is 2.06. The van der Waals surface area contributed by atoms with Crippen molar-refractivity contribution < 1.29 is 4.79 Å².